The minimum atomic E-state index is -0.241. The lowest BCUT2D eigenvalue weighted by Crippen LogP contribution is -1.91. The average molecular weight is 228 g/mol. The third-order valence-corrected chi connectivity index (χ3v) is 3.44. The molecule has 0 radical (unpaired) electrons. The second-order valence-electron chi connectivity index (χ2n) is 2.80. The molecule has 1 nitrogen and oxygen atoms in total. The van der Waals surface area contributed by atoms with E-state index < -0.39 is 0 Å². The predicted molar refractivity (Wildman–Crippen MR) is 60.2 cm³/mol. The van der Waals surface area contributed by atoms with Crippen LogP contribution in [0.1, 0.15) is 6.92 Å². The Kier molecular flexibility index (Phi) is 2.65. The van der Waals surface area contributed by atoms with Gasteiger partial charge in [-0.2, -0.15) is 0 Å². The fraction of sp³-hybridized carbons (Fsp3) is 0.200. The minimum Gasteiger partial charge on any atom is -0.492 e. The van der Waals surface area contributed by atoms with Gasteiger partial charge in [0.15, 0.2) is 0 Å². The van der Waals surface area contributed by atoms with E-state index in [0.717, 1.165) is 10.4 Å². The van der Waals surface area contributed by atoms with E-state index in [0.29, 0.717) is 16.9 Å². The Hall–Kier alpha value is -0.740. The van der Waals surface area contributed by atoms with Gasteiger partial charge < -0.3 is 4.74 Å². The zero-order chi connectivity index (χ0) is 10.1. The molecule has 2 rings (SSSR count). The van der Waals surface area contributed by atoms with Gasteiger partial charge in [0.05, 0.1) is 11.3 Å². The molecule has 0 saturated heterocycles. The predicted octanol–water partition coefficient (Wildman–Crippen LogP) is 3.73. The minimum absolute atomic E-state index is 0.241. The third-order valence-electron chi connectivity index (χ3n) is 1.92. The van der Waals surface area contributed by atoms with Gasteiger partial charge in [-0.05, 0) is 19.1 Å². The van der Waals surface area contributed by atoms with Crippen molar-refractivity contribution in [2.45, 2.75) is 11.8 Å². The highest BCUT2D eigenvalue weighted by Gasteiger charge is 2.11. The summed E-state index contributed by atoms with van der Waals surface area (Å²) < 4.78 is 19.6. The maximum Gasteiger partial charge on any atom is 0.137 e. The molecular weight excluding hydrogens is 219 g/mol. The molecule has 14 heavy (non-hydrogen) atoms. The molecule has 0 N–H and O–H groups in total. The first-order valence-corrected chi connectivity index (χ1v) is 5.58. The molecule has 0 amide bonds. The standard InChI is InChI=1S/C10H9FOS2/c1-2-12-7-4-3-6(11)9-8(13)5-14-10(7)9/h3-5,13H,2H2,1H3. The van der Waals surface area contributed by atoms with Gasteiger partial charge in [0, 0.05) is 15.7 Å². The molecular formula is C10H9FOS2. The fourth-order valence-electron chi connectivity index (χ4n) is 1.34. The highest BCUT2D eigenvalue weighted by Crippen LogP contribution is 2.37. The highest BCUT2D eigenvalue weighted by atomic mass is 32.1. The fourth-order valence-corrected chi connectivity index (χ4v) is 2.71. The van der Waals surface area contributed by atoms with Crippen molar-refractivity contribution in [3.63, 3.8) is 0 Å². The van der Waals surface area contributed by atoms with Gasteiger partial charge in [0.2, 0.25) is 0 Å². The molecule has 0 fully saturated rings. The van der Waals surface area contributed by atoms with Crippen molar-refractivity contribution < 1.29 is 9.13 Å². The number of hydrogen-bond donors (Lipinski definition) is 1. The molecule has 0 aliphatic heterocycles. The molecule has 2 aromatic rings. The molecule has 0 unspecified atom stereocenters. The first kappa shape index (κ1) is 9.80. The monoisotopic (exact) mass is 228 g/mol. The second-order valence-corrected chi connectivity index (χ2v) is 4.17. The average Bonchev–Trinajstić information content (AvgIpc) is 2.54. The van der Waals surface area contributed by atoms with Crippen LogP contribution in [0.2, 0.25) is 0 Å². The summed E-state index contributed by atoms with van der Waals surface area (Å²) in [6, 6.07) is 3.07. The number of hydrogen-bond acceptors (Lipinski definition) is 3. The SMILES string of the molecule is CCOc1ccc(F)c2c(S)csc12. The Morgan fingerprint density at radius 3 is 3.00 bits per heavy atom. The maximum atomic E-state index is 13.4. The van der Waals surface area contributed by atoms with Gasteiger partial charge >= 0.3 is 0 Å². The Morgan fingerprint density at radius 1 is 1.50 bits per heavy atom. The molecule has 1 heterocycles. The van der Waals surface area contributed by atoms with Crippen LogP contribution in [-0.4, -0.2) is 6.61 Å². The molecule has 0 spiro atoms. The summed E-state index contributed by atoms with van der Waals surface area (Å²) in [4.78, 5) is 0.670. The van der Waals surface area contributed by atoms with Crippen molar-refractivity contribution in [1.29, 1.82) is 0 Å². The smallest absolute Gasteiger partial charge is 0.137 e. The van der Waals surface area contributed by atoms with Crippen LogP contribution in [0.4, 0.5) is 4.39 Å². The lowest BCUT2D eigenvalue weighted by atomic mass is 10.2. The Labute approximate surface area is 90.9 Å². The summed E-state index contributed by atoms with van der Waals surface area (Å²) in [7, 11) is 0. The van der Waals surface area contributed by atoms with E-state index in [1.807, 2.05) is 12.3 Å². The van der Waals surface area contributed by atoms with Crippen molar-refractivity contribution in [3.05, 3.63) is 23.3 Å². The molecule has 0 aliphatic carbocycles. The maximum absolute atomic E-state index is 13.4. The van der Waals surface area contributed by atoms with Crippen LogP contribution in [0, 0.1) is 5.82 Å². The number of thiophene rings is 1. The zero-order valence-corrected chi connectivity index (χ0v) is 9.29. The van der Waals surface area contributed by atoms with E-state index in [1.54, 1.807) is 6.07 Å². The first-order chi connectivity index (χ1) is 6.74. The van der Waals surface area contributed by atoms with Gasteiger partial charge in [-0.3, -0.25) is 0 Å². The lowest BCUT2D eigenvalue weighted by molar-refractivity contribution is 0.344. The van der Waals surface area contributed by atoms with Crippen molar-refractivity contribution in [2.75, 3.05) is 6.61 Å². The van der Waals surface area contributed by atoms with Crippen LogP contribution in [-0.2, 0) is 0 Å². The summed E-state index contributed by atoms with van der Waals surface area (Å²) in [5.74, 6) is 0.490. The highest BCUT2D eigenvalue weighted by molar-refractivity contribution is 7.80. The molecule has 0 atom stereocenters. The summed E-state index contributed by atoms with van der Waals surface area (Å²) in [6.07, 6.45) is 0. The number of rotatable bonds is 2. The topological polar surface area (TPSA) is 9.23 Å². The molecule has 0 aliphatic rings. The quantitative estimate of drug-likeness (QED) is 0.771. The van der Waals surface area contributed by atoms with Gasteiger partial charge in [0.25, 0.3) is 0 Å². The Bertz CT molecular complexity index is 464. The summed E-state index contributed by atoms with van der Waals surface area (Å²) in [5.41, 5.74) is 0. The van der Waals surface area contributed by atoms with Crippen molar-refractivity contribution in [1.82, 2.24) is 0 Å². The van der Waals surface area contributed by atoms with Crippen LogP contribution in [0.25, 0.3) is 10.1 Å². The van der Waals surface area contributed by atoms with Gasteiger partial charge in [-0.25, -0.2) is 4.39 Å². The number of benzene rings is 1. The van der Waals surface area contributed by atoms with Gasteiger partial charge in [-0.1, -0.05) is 0 Å². The number of halogens is 1. The van der Waals surface area contributed by atoms with E-state index in [2.05, 4.69) is 12.6 Å². The number of thiol groups is 1. The molecule has 1 aromatic heterocycles. The van der Waals surface area contributed by atoms with Crippen molar-refractivity contribution in [2.24, 2.45) is 0 Å². The number of fused-ring (bicyclic) bond motifs is 1. The van der Waals surface area contributed by atoms with Crippen molar-refractivity contribution in [3.8, 4) is 5.75 Å². The molecule has 4 heteroatoms. The van der Waals surface area contributed by atoms with E-state index in [-0.39, 0.29) is 5.82 Å². The molecule has 0 saturated carbocycles. The summed E-state index contributed by atoms with van der Waals surface area (Å²) in [6.45, 7) is 2.49. The third kappa shape index (κ3) is 1.48. The Morgan fingerprint density at radius 2 is 2.29 bits per heavy atom. The van der Waals surface area contributed by atoms with Crippen LogP contribution >= 0.6 is 24.0 Å². The van der Waals surface area contributed by atoms with Crippen LogP contribution in [0.5, 0.6) is 5.75 Å². The molecule has 74 valence electrons. The van der Waals surface area contributed by atoms with Crippen LogP contribution in [0.15, 0.2) is 22.4 Å². The normalized spacial score (nSPS) is 10.8. The van der Waals surface area contributed by atoms with E-state index in [9.17, 15) is 4.39 Å². The number of ether oxygens (including phenoxy) is 1. The summed E-state index contributed by atoms with van der Waals surface area (Å²) in [5, 5.41) is 2.38. The summed E-state index contributed by atoms with van der Waals surface area (Å²) >= 11 is 5.65. The molecule has 0 bridgehead atoms. The largest absolute Gasteiger partial charge is 0.492 e. The van der Waals surface area contributed by atoms with Crippen LogP contribution in [0.3, 0.4) is 0 Å². The first-order valence-electron chi connectivity index (χ1n) is 4.25. The van der Waals surface area contributed by atoms with Crippen molar-refractivity contribution >= 4 is 34.1 Å². The van der Waals surface area contributed by atoms with Gasteiger partial charge in [-0.15, -0.1) is 24.0 Å². The van der Waals surface area contributed by atoms with E-state index in [1.165, 1.54) is 17.4 Å². The lowest BCUT2D eigenvalue weighted by Gasteiger charge is -2.04. The van der Waals surface area contributed by atoms with Crippen LogP contribution < -0.4 is 4.74 Å². The Balaban J connectivity index is 2.70. The second kappa shape index (κ2) is 3.79. The molecule has 1 aromatic carbocycles. The van der Waals surface area contributed by atoms with E-state index >= 15 is 0 Å². The van der Waals surface area contributed by atoms with Gasteiger partial charge in [0.1, 0.15) is 11.6 Å². The van der Waals surface area contributed by atoms with E-state index in [4.69, 9.17) is 4.74 Å². The zero-order valence-electron chi connectivity index (χ0n) is 7.58.